The predicted molar refractivity (Wildman–Crippen MR) is 87.2 cm³/mol. The smallest absolute Gasteiger partial charge is 0.254 e. The van der Waals surface area contributed by atoms with Gasteiger partial charge in [0.05, 0.1) is 5.92 Å². The predicted octanol–water partition coefficient (Wildman–Crippen LogP) is 1.06. The highest BCUT2D eigenvalue weighted by atomic mass is 35.5. The molecule has 2 aliphatic rings. The zero-order valence-electron chi connectivity index (χ0n) is 13.0. The van der Waals surface area contributed by atoms with E-state index in [9.17, 15) is 14.0 Å². The maximum Gasteiger partial charge on any atom is 0.254 e. The maximum absolute atomic E-state index is 13.6. The number of hydrogen-bond donors (Lipinski definition) is 1. The molecule has 2 heterocycles. The van der Waals surface area contributed by atoms with Crippen LogP contribution >= 0.6 is 12.4 Å². The number of nitrogens with one attached hydrogen (secondary N) is 1. The first kappa shape index (κ1) is 17.7. The van der Waals surface area contributed by atoms with E-state index in [-0.39, 0.29) is 36.0 Å². The van der Waals surface area contributed by atoms with Gasteiger partial charge in [-0.25, -0.2) is 4.39 Å². The summed E-state index contributed by atoms with van der Waals surface area (Å²) in [6.45, 7) is 5.27. The first-order chi connectivity index (χ1) is 10.6. The number of benzene rings is 1. The van der Waals surface area contributed by atoms with Crippen molar-refractivity contribution in [3.63, 3.8) is 0 Å². The average molecular weight is 342 g/mol. The van der Waals surface area contributed by atoms with Crippen molar-refractivity contribution in [3.05, 3.63) is 35.1 Å². The third kappa shape index (κ3) is 3.64. The van der Waals surface area contributed by atoms with Crippen LogP contribution in [0.4, 0.5) is 4.39 Å². The fourth-order valence-corrected chi connectivity index (χ4v) is 2.76. The van der Waals surface area contributed by atoms with Crippen LogP contribution in [-0.2, 0) is 4.79 Å². The van der Waals surface area contributed by atoms with Crippen molar-refractivity contribution in [2.75, 3.05) is 39.3 Å². The number of amides is 2. The van der Waals surface area contributed by atoms with Crippen LogP contribution in [0.1, 0.15) is 15.9 Å². The Morgan fingerprint density at radius 3 is 2.26 bits per heavy atom. The van der Waals surface area contributed by atoms with Crippen molar-refractivity contribution in [1.82, 2.24) is 15.1 Å². The molecule has 2 fully saturated rings. The fourth-order valence-electron chi connectivity index (χ4n) is 2.76. The Bertz CT molecular complexity index is 599. The highest BCUT2D eigenvalue weighted by molar-refractivity contribution is 5.94. The van der Waals surface area contributed by atoms with E-state index in [0.29, 0.717) is 37.3 Å². The van der Waals surface area contributed by atoms with E-state index in [1.54, 1.807) is 24.0 Å². The van der Waals surface area contributed by atoms with E-state index in [1.807, 2.05) is 4.90 Å². The standard InChI is InChI=1S/C16H20FN3O2.ClH/c1-11-2-3-12(8-14(11)17)15(21)19-4-6-20(7-5-19)16(22)13-9-18-10-13;/h2-3,8,13,18H,4-7,9-10H2,1H3;1H. The Balaban J connectivity index is 0.00000192. The van der Waals surface area contributed by atoms with Gasteiger partial charge in [-0.1, -0.05) is 6.07 Å². The Labute approximate surface area is 141 Å². The van der Waals surface area contributed by atoms with Crippen molar-refractivity contribution >= 4 is 24.2 Å². The molecule has 2 aliphatic heterocycles. The van der Waals surface area contributed by atoms with E-state index < -0.39 is 0 Å². The van der Waals surface area contributed by atoms with Gasteiger partial charge in [0, 0.05) is 44.8 Å². The van der Waals surface area contributed by atoms with Gasteiger partial charge in [0.15, 0.2) is 0 Å². The van der Waals surface area contributed by atoms with Crippen molar-refractivity contribution in [2.24, 2.45) is 5.92 Å². The zero-order chi connectivity index (χ0) is 15.7. The molecule has 0 atom stereocenters. The Hall–Kier alpha value is -1.66. The van der Waals surface area contributed by atoms with Crippen molar-refractivity contribution < 1.29 is 14.0 Å². The number of aryl methyl sites for hydroxylation is 1. The van der Waals surface area contributed by atoms with Gasteiger partial charge in [0.1, 0.15) is 5.82 Å². The number of carbonyl (C=O) groups excluding carboxylic acids is 2. The van der Waals surface area contributed by atoms with E-state index in [4.69, 9.17) is 0 Å². The van der Waals surface area contributed by atoms with Crippen molar-refractivity contribution in [2.45, 2.75) is 6.92 Å². The molecule has 3 rings (SSSR count). The highest BCUT2D eigenvalue weighted by Gasteiger charge is 2.32. The second-order valence-electron chi connectivity index (χ2n) is 5.94. The monoisotopic (exact) mass is 341 g/mol. The molecule has 0 bridgehead atoms. The molecular weight excluding hydrogens is 321 g/mol. The maximum atomic E-state index is 13.6. The average Bonchev–Trinajstić information content (AvgIpc) is 2.48. The van der Waals surface area contributed by atoms with Crippen molar-refractivity contribution in [3.8, 4) is 0 Å². The summed E-state index contributed by atoms with van der Waals surface area (Å²) in [6.07, 6.45) is 0. The fraction of sp³-hybridized carbons (Fsp3) is 0.500. The normalized spacial score (nSPS) is 18.2. The number of rotatable bonds is 2. The van der Waals surface area contributed by atoms with Gasteiger partial charge in [0.25, 0.3) is 5.91 Å². The van der Waals surface area contributed by atoms with Gasteiger partial charge in [0.2, 0.25) is 5.91 Å². The number of hydrogen-bond acceptors (Lipinski definition) is 3. The molecule has 0 unspecified atom stereocenters. The summed E-state index contributed by atoms with van der Waals surface area (Å²) in [7, 11) is 0. The summed E-state index contributed by atoms with van der Waals surface area (Å²) in [6, 6.07) is 4.56. The largest absolute Gasteiger partial charge is 0.339 e. The zero-order valence-corrected chi connectivity index (χ0v) is 13.9. The van der Waals surface area contributed by atoms with Gasteiger partial charge in [-0.15, -0.1) is 12.4 Å². The second kappa shape index (κ2) is 7.27. The Kier molecular flexibility index (Phi) is 5.59. The molecule has 1 aromatic carbocycles. The molecule has 2 amide bonds. The molecule has 0 saturated carbocycles. The molecule has 5 nitrogen and oxygen atoms in total. The summed E-state index contributed by atoms with van der Waals surface area (Å²) < 4.78 is 13.6. The SMILES string of the molecule is Cc1ccc(C(=O)N2CCN(C(=O)C3CNC3)CC2)cc1F.Cl. The minimum absolute atomic E-state index is 0. The molecule has 7 heteroatoms. The lowest BCUT2D eigenvalue weighted by Gasteiger charge is -2.38. The molecule has 0 radical (unpaired) electrons. The van der Waals surface area contributed by atoms with E-state index in [1.165, 1.54) is 6.07 Å². The first-order valence-corrected chi connectivity index (χ1v) is 7.61. The quantitative estimate of drug-likeness (QED) is 0.875. The van der Waals surface area contributed by atoms with Crippen molar-refractivity contribution in [1.29, 1.82) is 0 Å². The topological polar surface area (TPSA) is 52.7 Å². The highest BCUT2D eigenvalue weighted by Crippen LogP contribution is 2.15. The molecule has 2 saturated heterocycles. The van der Waals surface area contributed by atoms with Crippen LogP contribution in [0, 0.1) is 18.7 Å². The van der Waals surface area contributed by atoms with Crippen LogP contribution in [0.2, 0.25) is 0 Å². The number of piperazine rings is 1. The number of halogens is 2. The third-order valence-electron chi connectivity index (χ3n) is 4.43. The summed E-state index contributed by atoms with van der Waals surface area (Å²) in [5.74, 6) is -0.269. The Morgan fingerprint density at radius 1 is 1.13 bits per heavy atom. The molecular formula is C16H21ClFN3O2. The van der Waals surface area contributed by atoms with Crippen LogP contribution in [-0.4, -0.2) is 60.9 Å². The Morgan fingerprint density at radius 2 is 1.74 bits per heavy atom. The summed E-state index contributed by atoms with van der Waals surface area (Å²) in [5, 5.41) is 3.09. The molecule has 23 heavy (non-hydrogen) atoms. The second-order valence-corrected chi connectivity index (χ2v) is 5.94. The molecule has 1 N–H and O–H groups in total. The molecule has 1 aromatic rings. The number of carbonyl (C=O) groups is 2. The van der Waals surface area contributed by atoms with Gasteiger partial charge in [-0.2, -0.15) is 0 Å². The lowest BCUT2D eigenvalue weighted by Crippen LogP contribution is -2.57. The molecule has 0 spiro atoms. The van der Waals surface area contributed by atoms with Crippen LogP contribution in [0.3, 0.4) is 0 Å². The van der Waals surface area contributed by atoms with Crippen LogP contribution in [0.5, 0.6) is 0 Å². The summed E-state index contributed by atoms with van der Waals surface area (Å²) in [4.78, 5) is 28.0. The lowest BCUT2D eigenvalue weighted by atomic mass is 10.0. The van der Waals surface area contributed by atoms with Gasteiger partial charge >= 0.3 is 0 Å². The van der Waals surface area contributed by atoms with Gasteiger partial charge in [-0.05, 0) is 24.6 Å². The first-order valence-electron chi connectivity index (χ1n) is 7.61. The van der Waals surface area contributed by atoms with E-state index >= 15 is 0 Å². The van der Waals surface area contributed by atoms with E-state index in [2.05, 4.69) is 5.32 Å². The minimum atomic E-state index is -0.364. The molecule has 0 aromatic heterocycles. The lowest BCUT2D eigenvalue weighted by molar-refractivity contribution is -0.138. The van der Waals surface area contributed by atoms with Crippen LogP contribution in [0.25, 0.3) is 0 Å². The van der Waals surface area contributed by atoms with Crippen LogP contribution in [0.15, 0.2) is 18.2 Å². The molecule has 126 valence electrons. The minimum Gasteiger partial charge on any atom is -0.339 e. The molecule has 0 aliphatic carbocycles. The van der Waals surface area contributed by atoms with Crippen LogP contribution < -0.4 is 5.32 Å². The van der Waals surface area contributed by atoms with Gasteiger partial charge in [-0.3, -0.25) is 9.59 Å². The van der Waals surface area contributed by atoms with Gasteiger partial charge < -0.3 is 15.1 Å². The third-order valence-corrected chi connectivity index (χ3v) is 4.43. The summed E-state index contributed by atoms with van der Waals surface area (Å²) >= 11 is 0. The number of nitrogens with zero attached hydrogens (tertiary/aromatic N) is 2. The summed E-state index contributed by atoms with van der Waals surface area (Å²) in [5.41, 5.74) is 0.896. The van der Waals surface area contributed by atoms with E-state index in [0.717, 1.165) is 13.1 Å².